The molecular weight excluding hydrogens is 407 g/mol. The Morgan fingerprint density at radius 2 is 1.91 bits per heavy atom. The molecule has 22 heavy (non-hydrogen) atoms. The molecule has 2 aromatic rings. The van der Waals surface area contributed by atoms with Gasteiger partial charge in [0, 0.05) is 31.4 Å². The van der Waals surface area contributed by atoms with E-state index >= 15 is 0 Å². The molecule has 0 amide bonds. The molecule has 1 heterocycles. The van der Waals surface area contributed by atoms with Gasteiger partial charge >= 0.3 is 0 Å². The van der Waals surface area contributed by atoms with E-state index in [9.17, 15) is 0 Å². The second-order valence-electron chi connectivity index (χ2n) is 4.84. The first-order chi connectivity index (χ1) is 10.2. The highest BCUT2D eigenvalue weighted by Gasteiger charge is 2.04. The summed E-state index contributed by atoms with van der Waals surface area (Å²) in [6.07, 6.45) is 0.922. The highest BCUT2D eigenvalue weighted by molar-refractivity contribution is 14.0. The van der Waals surface area contributed by atoms with Crippen LogP contribution in [0.3, 0.4) is 0 Å². The molecule has 0 aliphatic rings. The summed E-state index contributed by atoms with van der Waals surface area (Å²) in [6, 6.07) is 10.3. The first-order valence-electron chi connectivity index (χ1n) is 7.10. The number of guanidine groups is 1. The zero-order valence-electron chi connectivity index (χ0n) is 13.2. The molecule has 0 radical (unpaired) electrons. The zero-order chi connectivity index (χ0) is 15.1. The van der Waals surface area contributed by atoms with Gasteiger partial charge in [0.25, 0.3) is 0 Å². The highest BCUT2D eigenvalue weighted by Crippen LogP contribution is 2.16. The van der Waals surface area contributed by atoms with E-state index in [-0.39, 0.29) is 24.0 Å². The summed E-state index contributed by atoms with van der Waals surface area (Å²) in [5.74, 6) is 0.823. The molecule has 0 aliphatic heterocycles. The molecule has 4 nitrogen and oxygen atoms in total. The van der Waals surface area contributed by atoms with Crippen LogP contribution in [0.5, 0.6) is 0 Å². The number of rotatable bonds is 5. The van der Waals surface area contributed by atoms with E-state index in [1.54, 1.807) is 18.4 Å². The highest BCUT2D eigenvalue weighted by atomic mass is 127. The van der Waals surface area contributed by atoms with Gasteiger partial charge in [-0.2, -0.15) is 0 Å². The quantitative estimate of drug-likeness (QED) is 0.435. The van der Waals surface area contributed by atoms with Crippen molar-refractivity contribution in [2.75, 3.05) is 13.6 Å². The van der Waals surface area contributed by atoms with Crippen molar-refractivity contribution in [2.45, 2.75) is 26.8 Å². The lowest BCUT2D eigenvalue weighted by atomic mass is 10.2. The fourth-order valence-electron chi connectivity index (χ4n) is 1.94. The van der Waals surface area contributed by atoms with Gasteiger partial charge in [0.1, 0.15) is 0 Å². The third-order valence-corrected chi connectivity index (χ3v) is 4.36. The molecule has 0 spiro atoms. The summed E-state index contributed by atoms with van der Waals surface area (Å²) in [7, 11) is 1.79. The molecule has 6 heteroatoms. The second-order valence-corrected chi connectivity index (χ2v) is 6.13. The van der Waals surface area contributed by atoms with Gasteiger partial charge in [0.2, 0.25) is 0 Å². The fourth-order valence-corrected chi connectivity index (χ4v) is 2.87. The zero-order valence-corrected chi connectivity index (χ0v) is 16.4. The Bertz CT molecular complexity index is 576. The number of aromatic nitrogens is 1. The average molecular weight is 430 g/mol. The Kier molecular flexibility index (Phi) is 8.40. The lowest BCUT2D eigenvalue weighted by Gasteiger charge is -2.11. The number of halogens is 1. The van der Waals surface area contributed by atoms with Crippen LogP contribution >= 0.6 is 35.3 Å². The second kappa shape index (κ2) is 9.78. The van der Waals surface area contributed by atoms with Crippen molar-refractivity contribution in [3.8, 4) is 0 Å². The minimum absolute atomic E-state index is 0. The Hall–Kier alpha value is -1.15. The minimum atomic E-state index is 0. The molecule has 0 aliphatic carbocycles. The van der Waals surface area contributed by atoms with Gasteiger partial charge in [0.15, 0.2) is 5.96 Å². The Labute approximate surface area is 153 Å². The van der Waals surface area contributed by atoms with Crippen LogP contribution in [0.15, 0.2) is 35.3 Å². The van der Waals surface area contributed by atoms with E-state index in [1.807, 2.05) is 18.2 Å². The molecule has 2 rings (SSSR count). The first-order valence-corrected chi connectivity index (χ1v) is 7.92. The van der Waals surface area contributed by atoms with Crippen LogP contribution in [0.25, 0.3) is 0 Å². The summed E-state index contributed by atoms with van der Waals surface area (Å²) in [5, 5.41) is 7.81. The molecule has 0 saturated carbocycles. The number of nitrogens with one attached hydrogen (secondary N) is 2. The third-order valence-electron chi connectivity index (χ3n) is 3.23. The van der Waals surface area contributed by atoms with Crippen LogP contribution < -0.4 is 10.6 Å². The Morgan fingerprint density at radius 3 is 2.50 bits per heavy atom. The van der Waals surface area contributed by atoms with Gasteiger partial charge in [-0.05, 0) is 19.4 Å². The average Bonchev–Trinajstić information content (AvgIpc) is 2.82. The summed E-state index contributed by atoms with van der Waals surface area (Å²) >= 11 is 1.77. The number of benzene rings is 1. The number of nitrogens with zero attached hydrogens (tertiary/aromatic N) is 2. The summed E-state index contributed by atoms with van der Waals surface area (Å²) in [6.45, 7) is 5.78. The van der Waals surface area contributed by atoms with Crippen molar-refractivity contribution < 1.29 is 0 Å². The van der Waals surface area contributed by atoms with E-state index in [4.69, 9.17) is 0 Å². The van der Waals surface area contributed by atoms with Crippen molar-refractivity contribution in [1.29, 1.82) is 0 Å². The maximum absolute atomic E-state index is 4.54. The van der Waals surface area contributed by atoms with Crippen molar-refractivity contribution >= 4 is 41.3 Å². The van der Waals surface area contributed by atoms with E-state index in [2.05, 4.69) is 46.6 Å². The van der Waals surface area contributed by atoms with Crippen LogP contribution in [0.4, 0.5) is 0 Å². The van der Waals surface area contributed by atoms with Crippen molar-refractivity contribution in [1.82, 2.24) is 15.6 Å². The Balaban J connectivity index is 0.00000242. The fraction of sp³-hybridized carbons (Fsp3) is 0.375. The van der Waals surface area contributed by atoms with Crippen molar-refractivity contribution in [3.05, 3.63) is 51.5 Å². The van der Waals surface area contributed by atoms with Crippen molar-refractivity contribution in [2.24, 2.45) is 4.99 Å². The smallest absolute Gasteiger partial charge is 0.191 e. The van der Waals surface area contributed by atoms with Gasteiger partial charge in [-0.3, -0.25) is 4.99 Å². The molecule has 0 saturated heterocycles. The van der Waals surface area contributed by atoms with Crippen LogP contribution in [-0.2, 0) is 13.0 Å². The molecule has 1 aromatic carbocycles. The maximum atomic E-state index is 4.54. The molecule has 0 atom stereocenters. The van der Waals surface area contributed by atoms with E-state index in [0.29, 0.717) is 0 Å². The van der Waals surface area contributed by atoms with Crippen molar-refractivity contribution in [3.63, 3.8) is 0 Å². The largest absolute Gasteiger partial charge is 0.356 e. The predicted octanol–water partition coefficient (Wildman–Crippen LogP) is 3.29. The number of aryl methyl sites for hydroxylation is 2. The van der Waals surface area contributed by atoms with E-state index in [0.717, 1.165) is 31.2 Å². The monoisotopic (exact) mass is 430 g/mol. The first kappa shape index (κ1) is 18.9. The minimum Gasteiger partial charge on any atom is -0.356 e. The van der Waals surface area contributed by atoms with Crippen LogP contribution in [0.1, 0.15) is 21.1 Å². The molecule has 2 N–H and O–H groups in total. The topological polar surface area (TPSA) is 49.3 Å². The molecule has 0 fully saturated rings. The lowest BCUT2D eigenvalue weighted by molar-refractivity contribution is 0.791. The van der Waals surface area contributed by atoms with E-state index in [1.165, 1.54) is 15.4 Å². The number of hydrogen-bond donors (Lipinski definition) is 2. The summed E-state index contributed by atoms with van der Waals surface area (Å²) < 4.78 is 0. The van der Waals surface area contributed by atoms with Crippen LogP contribution in [-0.4, -0.2) is 24.5 Å². The lowest BCUT2D eigenvalue weighted by Crippen LogP contribution is -2.37. The van der Waals surface area contributed by atoms with Gasteiger partial charge in [-0.25, -0.2) is 4.98 Å². The van der Waals surface area contributed by atoms with E-state index < -0.39 is 0 Å². The van der Waals surface area contributed by atoms with Crippen LogP contribution in [0, 0.1) is 13.8 Å². The van der Waals surface area contributed by atoms with Gasteiger partial charge < -0.3 is 10.6 Å². The Morgan fingerprint density at radius 1 is 1.18 bits per heavy atom. The van der Waals surface area contributed by atoms with Crippen LogP contribution in [0.2, 0.25) is 0 Å². The van der Waals surface area contributed by atoms with Gasteiger partial charge in [0.05, 0.1) is 10.7 Å². The maximum Gasteiger partial charge on any atom is 0.191 e. The predicted molar refractivity (Wildman–Crippen MR) is 105 cm³/mol. The molecule has 120 valence electrons. The van der Waals surface area contributed by atoms with Gasteiger partial charge in [-0.15, -0.1) is 35.3 Å². The third kappa shape index (κ3) is 5.92. The summed E-state index contributed by atoms with van der Waals surface area (Å²) in [5.41, 5.74) is 2.38. The molecule has 1 aromatic heterocycles. The molecule has 0 bridgehead atoms. The standard InChI is InChI=1S/C16H22N4S.HI/c1-12-13(2)21-15(20-12)9-10-18-16(17-3)19-11-14-7-5-4-6-8-14;/h4-8H,9-11H2,1-3H3,(H2,17,18,19);1H. The normalized spacial score (nSPS) is 11.0. The number of aliphatic imine (C=N–C) groups is 1. The number of hydrogen-bond acceptors (Lipinski definition) is 3. The van der Waals surface area contributed by atoms with Gasteiger partial charge in [-0.1, -0.05) is 30.3 Å². The number of thiazole rings is 1. The molecular formula is C16H23IN4S. The molecule has 0 unspecified atom stereocenters. The summed E-state index contributed by atoms with van der Waals surface area (Å²) in [4.78, 5) is 10.1. The SMILES string of the molecule is CN=C(NCCc1nc(C)c(C)s1)NCc1ccccc1.I.